The fraction of sp³-hybridized carbons (Fsp3) is 0.571. The van der Waals surface area contributed by atoms with Crippen molar-refractivity contribution in [1.29, 1.82) is 0 Å². The molecule has 0 N–H and O–H groups in total. The molecule has 110 valence electrons. The van der Waals surface area contributed by atoms with Gasteiger partial charge in [-0.25, -0.2) is 0 Å². The maximum atomic E-state index is 10.8. The molecule has 1 unspecified atom stereocenters. The van der Waals surface area contributed by atoms with Gasteiger partial charge in [-0.2, -0.15) is 0 Å². The van der Waals surface area contributed by atoms with Gasteiger partial charge in [0.1, 0.15) is 0 Å². The monoisotopic (exact) mass is 297 g/mol. The first kappa shape index (κ1) is 15.2. The van der Waals surface area contributed by atoms with E-state index >= 15 is 0 Å². The van der Waals surface area contributed by atoms with Gasteiger partial charge < -0.3 is 4.90 Å². The lowest BCUT2D eigenvalue weighted by Crippen LogP contribution is -2.46. The Morgan fingerprint density at radius 1 is 1.30 bits per heavy atom. The molecule has 2 rings (SSSR count). The summed E-state index contributed by atoms with van der Waals surface area (Å²) < 4.78 is 0. The van der Waals surface area contributed by atoms with Crippen LogP contribution in [0.2, 0.25) is 0 Å². The SMILES string of the molecule is CCN1CCN(CC(Cl)c2cccc([N+](=O)[O-])c2)CC1. The number of non-ortho nitro benzene ring substituents is 1. The largest absolute Gasteiger partial charge is 0.301 e. The Kier molecular flexibility index (Phi) is 5.34. The Morgan fingerprint density at radius 3 is 2.55 bits per heavy atom. The highest BCUT2D eigenvalue weighted by atomic mass is 35.5. The smallest absolute Gasteiger partial charge is 0.269 e. The van der Waals surface area contributed by atoms with Gasteiger partial charge in [0.05, 0.1) is 10.3 Å². The lowest BCUT2D eigenvalue weighted by molar-refractivity contribution is -0.384. The molecule has 1 aliphatic rings. The van der Waals surface area contributed by atoms with Crippen molar-refractivity contribution in [1.82, 2.24) is 9.80 Å². The van der Waals surface area contributed by atoms with Crippen LogP contribution in [0.25, 0.3) is 0 Å². The first-order valence-electron chi connectivity index (χ1n) is 6.93. The van der Waals surface area contributed by atoms with Crippen molar-refractivity contribution in [3.8, 4) is 0 Å². The lowest BCUT2D eigenvalue weighted by atomic mass is 10.1. The van der Waals surface area contributed by atoms with Crippen molar-refractivity contribution < 1.29 is 4.92 Å². The van der Waals surface area contributed by atoms with Crippen LogP contribution in [0.3, 0.4) is 0 Å². The third-order valence-electron chi connectivity index (χ3n) is 3.77. The topological polar surface area (TPSA) is 49.6 Å². The molecule has 1 heterocycles. The van der Waals surface area contributed by atoms with Crippen molar-refractivity contribution >= 4 is 17.3 Å². The van der Waals surface area contributed by atoms with Crippen LogP contribution in [0.15, 0.2) is 24.3 Å². The van der Waals surface area contributed by atoms with Gasteiger partial charge >= 0.3 is 0 Å². The summed E-state index contributed by atoms with van der Waals surface area (Å²) in [5.74, 6) is 0. The van der Waals surface area contributed by atoms with Crippen LogP contribution in [0.5, 0.6) is 0 Å². The highest BCUT2D eigenvalue weighted by molar-refractivity contribution is 6.21. The highest BCUT2D eigenvalue weighted by Crippen LogP contribution is 2.25. The zero-order valence-corrected chi connectivity index (χ0v) is 12.4. The number of piperazine rings is 1. The molecule has 0 amide bonds. The van der Waals surface area contributed by atoms with Crippen molar-refractivity contribution in [3.63, 3.8) is 0 Å². The van der Waals surface area contributed by atoms with Gasteiger partial charge in [-0.1, -0.05) is 19.1 Å². The first-order valence-corrected chi connectivity index (χ1v) is 7.37. The zero-order chi connectivity index (χ0) is 14.5. The molecule has 1 atom stereocenters. The van der Waals surface area contributed by atoms with E-state index in [2.05, 4.69) is 16.7 Å². The molecule has 20 heavy (non-hydrogen) atoms. The number of likely N-dealkylation sites (N-methyl/N-ethyl adjacent to an activating group) is 1. The second-order valence-corrected chi connectivity index (χ2v) is 5.58. The van der Waals surface area contributed by atoms with Gasteiger partial charge in [-0.05, 0) is 12.1 Å². The van der Waals surface area contributed by atoms with Gasteiger partial charge in [0, 0.05) is 44.9 Å². The third kappa shape index (κ3) is 3.91. The Labute approximate surface area is 124 Å². The molecule has 0 bridgehead atoms. The van der Waals surface area contributed by atoms with E-state index in [0.717, 1.165) is 44.8 Å². The molecule has 1 fully saturated rings. The molecule has 0 saturated carbocycles. The molecule has 1 aromatic rings. The van der Waals surface area contributed by atoms with Crippen LogP contribution < -0.4 is 0 Å². The summed E-state index contributed by atoms with van der Waals surface area (Å²) in [6, 6.07) is 6.61. The molecular formula is C14H20ClN3O2. The molecule has 1 saturated heterocycles. The minimum absolute atomic E-state index is 0.101. The van der Waals surface area contributed by atoms with E-state index in [1.165, 1.54) is 6.07 Å². The molecule has 5 nitrogen and oxygen atoms in total. The number of benzene rings is 1. The molecule has 0 radical (unpaired) electrons. The Morgan fingerprint density at radius 2 is 1.95 bits per heavy atom. The quantitative estimate of drug-likeness (QED) is 0.476. The van der Waals surface area contributed by atoms with E-state index in [4.69, 9.17) is 11.6 Å². The minimum Gasteiger partial charge on any atom is -0.301 e. The van der Waals surface area contributed by atoms with Gasteiger partial charge in [0.2, 0.25) is 0 Å². The molecule has 6 heteroatoms. The van der Waals surface area contributed by atoms with Gasteiger partial charge in [0.25, 0.3) is 5.69 Å². The summed E-state index contributed by atoms with van der Waals surface area (Å²) >= 11 is 6.41. The van der Waals surface area contributed by atoms with E-state index in [0.29, 0.717) is 0 Å². The predicted octanol–water partition coefficient (Wildman–Crippen LogP) is 2.51. The van der Waals surface area contributed by atoms with E-state index in [-0.39, 0.29) is 16.0 Å². The second-order valence-electron chi connectivity index (χ2n) is 5.05. The standard InChI is InChI=1S/C14H20ClN3O2/c1-2-16-6-8-17(9-7-16)11-14(15)12-4-3-5-13(10-12)18(19)20/h3-5,10,14H,2,6-9,11H2,1H3. The molecule has 0 aliphatic carbocycles. The number of alkyl halides is 1. The zero-order valence-electron chi connectivity index (χ0n) is 11.7. The van der Waals surface area contributed by atoms with Crippen LogP contribution in [0.4, 0.5) is 5.69 Å². The summed E-state index contributed by atoms with van der Waals surface area (Å²) in [4.78, 5) is 15.1. The van der Waals surface area contributed by atoms with E-state index < -0.39 is 0 Å². The minimum atomic E-state index is -0.382. The molecular weight excluding hydrogens is 278 g/mol. The van der Waals surface area contributed by atoms with Crippen molar-refractivity contribution in [3.05, 3.63) is 39.9 Å². The average Bonchev–Trinajstić information content (AvgIpc) is 2.48. The summed E-state index contributed by atoms with van der Waals surface area (Å²) in [6.45, 7) is 8.13. The number of nitrogens with zero attached hydrogens (tertiary/aromatic N) is 3. The average molecular weight is 298 g/mol. The Hall–Kier alpha value is -1.17. The van der Waals surface area contributed by atoms with Gasteiger partial charge in [-0.15, -0.1) is 11.6 Å². The molecule has 0 spiro atoms. The number of halogens is 1. The fourth-order valence-electron chi connectivity index (χ4n) is 2.45. The third-order valence-corrected chi connectivity index (χ3v) is 4.16. The van der Waals surface area contributed by atoms with Crippen LogP contribution in [0.1, 0.15) is 17.9 Å². The van der Waals surface area contributed by atoms with E-state index in [1.54, 1.807) is 12.1 Å². The van der Waals surface area contributed by atoms with E-state index in [1.807, 2.05) is 6.07 Å². The summed E-state index contributed by atoms with van der Waals surface area (Å²) in [7, 11) is 0. The maximum Gasteiger partial charge on any atom is 0.269 e. The molecule has 1 aromatic carbocycles. The summed E-state index contributed by atoms with van der Waals surface area (Å²) in [6.07, 6.45) is 0. The van der Waals surface area contributed by atoms with Crippen LogP contribution >= 0.6 is 11.6 Å². The molecule has 1 aliphatic heterocycles. The maximum absolute atomic E-state index is 10.8. The normalized spacial score (nSPS) is 18.9. The lowest BCUT2D eigenvalue weighted by Gasteiger charge is -2.34. The number of nitro benzene ring substituents is 1. The number of rotatable bonds is 5. The van der Waals surface area contributed by atoms with Gasteiger partial charge in [-0.3, -0.25) is 15.0 Å². The van der Waals surface area contributed by atoms with Crippen molar-refractivity contribution in [2.75, 3.05) is 39.3 Å². The fourth-order valence-corrected chi connectivity index (χ4v) is 2.78. The van der Waals surface area contributed by atoms with Crippen LogP contribution in [-0.4, -0.2) is 54.0 Å². The highest BCUT2D eigenvalue weighted by Gasteiger charge is 2.20. The Balaban J connectivity index is 1.93. The second kappa shape index (κ2) is 7.02. The van der Waals surface area contributed by atoms with Crippen LogP contribution in [-0.2, 0) is 0 Å². The first-order chi connectivity index (χ1) is 9.60. The Bertz CT molecular complexity index is 461. The number of hydrogen-bond donors (Lipinski definition) is 0. The van der Waals surface area contributed by atoms with Crippen LogP contribution in [0, 0.1) is 10.1 Å². The summed E-state index contributed by atoms with van der Waals surface area (Å²) in [5.41, 5.74) is 0.919. The predicted molar refractivity (Wildman–Crippen MR) is 80.2 cm³/mol. The molecule has 0 aromatic heterocycles. The van der Waals surface area contributed by atoms with Crippen molar-refractivity contribution in [2.24, 2.45) is 0 Å². The number of hydrogen-bond acceptors (Lipinski definition) is 4. The van der Waals surface area contributed by atoms with E-state index in [9.17, 15) is 10.1 Å². The summed E-state index contributed by atoms with van der Waals surface area (Å²) in [5, 5.41) is 10.6. The number of nitro groups is 1. The van der Waals surface area contributed by atoms with Gasteiger partial charge in [0.15, 0.2) is 0 Å². The van der Waals surface area contributed by atoms with Crippen molar-refractivity contribution in [2.45, 2.75) is 12.3 Å².